The molecule has 0 bridgehead atoms. The maximum atomic E-state index is 12.7. The van der Waals surface area contributed by atoms with E-state index >= 15 is 0 Å². The van der Waals surface area contributed by atoms with Gasteiger partial charge in [0, 0.05) is 45.0 Å². The summed E-state index contributed by atoms with van der Waals surface area (Å²) in [6.07, 6.45) is 5.31. The first-order chi connectivity index (χ1) is 18.1. The maximum absolute atomic E-state index is 12.7. The van der Waals surface area contributed by atoms with Gasteiger partial charge in [-0.3, -0.25) is 9.36 Å². The van der Waals surface area contributed by atoms with Gasteiger partial charge < -0.3 is 15.0 Å². The first-order valence-corrected chi connectivity index (χ1v) is 12.8. The number of benzene rings is 2. The van der Waals surface area contributed by atoms with Crippen LogP contribution in [0.5, 0.6) is 5.75 Å². The number of piperazine rings is 1. The number of hydrogen-bond acceptors (Lipinski definition) is 7. The molecule has 2 aromatic carbocycles. The quantitative estimate of drug-likeness (QED) is 0.365. The van der Waals surface area contributed by atoms with Gasteiger partial charge in [-0.1, -0.05) is 49.7 Å². The fourth-order valence-corrected chi connectivity index (χ4v) is 4.52. The van der Waals surface area contributed by atoms with Crippen LogP contribution in [0.15, 0.2) is 78.0 Å². The van der Waals surface area contributed by atoms with E-state index in [0.29, 0.717) is 23.9 Å². The molecular weight excluding hydrogens is 464 g/mol. The van der Waals surface area contributed by atoms with Crippen LogP contribution >= 0.6 is 0 Å². The van der Waals surface area contributed by atoms with Crippen molar-refractivity contribution in [2.24, 2.45) is 7.05 Å². The normalized spacial score (nSPS) is 15.5. The summed E-state index contributed by atoms with van der Waals surface area (Å²) in [5.74, 6) is 1.55. The highest BCUT2D eigenvalue weighted by molar-refractivity contribution is 5.64. The van der Waals surface area contributed by atoms with Crippen LogP contribution in [0.1, 0.15) is 31.4 Å². The first kappa shape index (κ1) is 24.6. The summed E-state index contributed by atoms with van der Waals surface area (Å²) in [6.45, 7) is 5.17. The van der Waals surface area contributed by atoms with Crippen LogP contribution in [0, 0.1) is 0 Å². The summed E-state index contributed by atoms with van der Waals surface area (Å²) in [4.78, 5) is 27.9. The van der Waals surface area contributed by atoms with Gasteiger partial charge >= 0.3 is 0 Å². The molecule has 0 amide bonds. The molecule has 0 radical (unpaired) electrons. The molecule has 1 aliphatic heterocycles. The zero-order chi connectivity index (χ0) is 25.6. The van der Waals surface area contributed by atoms with Crippen molar-refractivity contribution >= 4 is 5.95 Å². The Kier molecular flexibility index (Phi) is 7.56. The average Bonchev–Trinajstić information content (AvgIpc) is 2.95. The van der Waals surface area contributed by atoms with Gasteiger partial charge in [0.2, 0.25) is 5.95 Å². The lowest BCUT2D eigenvalue weighted by Crippen LogP contribution is -2.47. The summed E-state index contributed by atoms with van der Waals surface area (Å²) in [5, 5.41) is 3.61. The van der Waals surface area contributed by atoms with Gasteiger partial charge in [0.1, 0.15) is 12.1 Å². The number of aromatic nitrogens is 4. The third-order valence-corrected chi connectivity index (χ3v) is 6.68. The zero-order valence-electron chi connectivity index (χ0n) is 21.3. The van der Waals surface area contributed by atoms with Crippen LogP contribution in [0.25, 0.3) is 22.5 Å². The van der Waals surface area contributed by atoms with Gasteiger partial charge in [-0.25, -0.2) is 15.0 Å². The minimum Gasteiger partial charge on any atom is -0.494 e. The molecule has 0 aliphatic carbocycles. The molecule has 8 heteroatoms. The zero-order valence-corrected chi connectivity index (χ0v) is 21.3. The molecule has 2 aromatic heterocycles. The summed E-state index contributed by atoms with van der Waals surface area (Å²) in [7, 11) is 1.76. The lowest BCUT2D eigenvalue weighted by Gasteiger charge is -2.35. The molecule has 1 N–H and O–H groups in total. The Hall–Kier alpha value is -4.04. The smallest absolute Gasteiger partial charge is 0.255 e. The molecule has 3 heterocycles. The fraction of sp³-hybridized carbons (Fsp3) is 0.310. The van der Waals surface area contributed by atoms with Crippen molar-refractivity contribution in [3.8, 4) is 28.3 Å². The number of unbranched alkanes of at least 4 members (excludes halogenated alkanes) is 1. The second-order valence-corrected chi connectivity index (χ2v) is 9.23. The Bertz CT molecular complexity index is 1370. The van der Waals surface area contributed by atoms with Crippen LogP contribution in [0.3, 0.4) is 0 Å². The highest BCUT2D eigenvalue weighted by Crippen LogP contribution is 2.27. The number of ether oxygens (including phenoxy) is 1. The summed E-state index contributed by atoms with van der Waals surface area (Å²) in [5.41, 5.74) is 4.61. The molecule has 190 valence electrons. The van der Waals surface area contributed by atoms with Gasteiger partial charge in [-0.2, -0.15) is 0 Å². The predicted molar refractivity (Wildman–Crippen MR) is 146 cm³/mol. The van der Waals surface area contributed by atoms with Crippen molar-refractivity contribution in [1.82, 2.24) is 24.8 Å². The molecule has 37 heavy (non-hydrogen) atoms. The lowest BCUT2D eigenvalue weighted by molar-refractivity contribution is 0.309. The number of nitrogens with zero attached hydrogens (tertiary/aromatic N) is 5. The Labute approximate surface area is 217 Å². The molecule has 1 saturated heterocycles. The SMILES string of the molecule is CCCCOc1ccc(-c2ccc([C@H]3CN(c4nc(-c5ccncn5)cc(=O)n4C)CCN3)cc2)cc1. The topological polar surface area (TPSA) is 85.2 Å². The van der Waals surface area contributed by atoms with Gasteiger partial charge in [-0.15, -0.1) is 0 Å². The monoisotopic (exact) mass is 496 g/mol. The van der Waals surface area contributed by atoms with E-state index in [1.807, 2.05) is 12.1 Å². The number of hydrogen-bond donors (Lipinski definition) is 1. The predicted octanol–water partition coefficient (Wildman–Crippen LogP) is 4.23. The van der Waals surface area contributed by atoms with Gasteiger partial charge in [0.05, 0.1) is 18.0 Å². The molecule has 1 aliphatic rings. The standard InChI is InChI=1S/C29H32N6O2/c1-3-4-17-37-24-11-9-22(10-12-24)21-5-7-23(8-6-21)27-19-35(16-15-31-27)29-33-26(18-28(36)34(29)2)25-13-14-30-20-32-25/h5-14,18,20,27,31H,3-4,15-17,19H2,1-2H3/t27-/m1/s1. The van der Waals surface area contributed by atoms with Crippen LogP contribution in [-0.4, -0.2) is 45.8 Å². The number of nitrogens with one attached hydrogen (secondary N) is 1. The van der Waals surface area contributed by atoms with Gasteiger partial charge in [0.15, 0.2) is 0 Å². The van der Waals surface area contributed by atoms with Gasteiger partial charge in [0.25, 0.3) is 5.56 Å². The molecule has 1 fully saturated rings. The van der Waals surface area contributed by atoms with Crippen molar-refractivity contribution in [2.45, 2.75) is 25.8 Å². The fourth-order valence-electron chi connectivity index (χ4n) is 4.52. The maximum Gasteiger partial charge on any atom is 0.255 e. The summed E-state index contributed by atoms with van der Waals surface area (Å²) < 4.78 is 7.39. The van der Waals surface area contributed by atoms with E-state index in [9.17, 15) is 4.79 Å². The van der Waals surface area contributed by atoms with Crippen molar-refractivity contribution in [1.29, 1.82) is 0 Å². The summed E-state index contributed by atoms with van der Waals surface area (Å²) in [6, 6.07) is 20.4. The number of rotatable bonds is 8. The minimum atomic E-state index is -0.111. The summed E-state index contributed by atoms with van der Waals surface area (Å²) >= 11 is 0. The Morgan fingerprint density at radius 2 is 1.78 bits per heavy atom. The van der Waals surface area contributed by atoms with Gasteiger partial charge in [-0.05, 0) is 41.3 Å². The van der Waals surface area contributed by atoms with E-state index in [2.05, 4.69) is 63.5 Å². The van der Waals surface area contributed by atoms with Crippen LogP contribution in [0.4, 0.5) is 5.95 Å². The molecule has 1 atom stereocenters. The van der Waals surface area contributed by atoms with E-state index in [1.165, 1.54) is 18.0 Å². The average molecular weight is 497 g/mol. The van der Waals surface area contributed by atoms with Crippen molar-refractivity contribution in [3.05, 3.63) is 89.1 Å². The number of anilines is 1. The van der Waals surface area contributed by atoms with Crippen LogP contribution in [0.2, 0.25) is 0 Å². The third-order valence-electron chi connectivity index (χ3n) is 6.68. The second kappa shape index (κ2) is 11.3. The van der Waals surface area contributed by atoms with Crippen LogP contribution < -0.4 is 20.5 Å². The Balaban J connectivity index is 1.31. The largest absolute Gasteiger partial charge is 0.494 e. The molecule has 4 aromatic rings. The van der Waals surface area contributed by atoms with E-state index in [4.69, 9.17) is 9.72 Å². The highest BCUT2D eigenvalue weighted by atomic mass is 16.5. The minimum absolute atomic E-state index is 0.111. The Morgan fingerprint density at radius 3 is 2.49 bits per heavy atom. The van der Waals surface area contributed by atoms with E-state index < -0.39 is 0 Å². The van der Waals surface area contributed by atoms with Crippen molar-refractivity contribution in [2.75, 3.05) is 31.1 Å². The third kappa shape index (κ3) is 5.70. The van der Waals surface area contributed by atoms with E-state index in [-0.39, 0.29) is 11.6 Å². The lowest BCUT2D eigenvalue weighted by atomic mass is 9.99. The van der Waals surface area contributed by atoms with Crippen molar-refractivity contribution < 1.29 is 4.74 Å². The Morgan fingerprint density at radius 1 is 1.03 bits per heavy atom. The molecule has 0 unspecified atom stereocenters. The van der Waals surface area contributed by atoms with E-state index in [0.717, 1.165) is 49.4 Å². The molecular formula is C29H32N6O2. The molecule has 0 saturated carbocycles. The second-order valence-electron chi connectivity index (χ2n) is 9.23. The van der Waals surface area contributed by atoms with Crippen LogP contribution in [-0.2, 0) is 7.05 Å². The molecule has 8 nitrogen and oxygen atoms in total. The highest BCUT2D eigenvalue weighted by Gasteiger charge is 2.24. The molecule has 0 spiro atoms. The first-order valence-electron chi connectivity index (χ1n) is 12.8. The molecule has 5 rings (SSSR count). The van der Waals surface area contributed by atoms with E-state index in [1.54, 1.807) is 23.9 Å². The van der Waals surface area contributed by atoms with Crippen molar-refractivity contribution in [3.63, 3.8) is 0 Å².